The zero-order chi connectivity index (χ0) is 22.0. The third-order valence-corrected chi connectivity index (χ3v) is 5.49. The average molecular weight is 464 g/mol. The first kappa shape index (κ1) is 23.8. The van der Waals surface area contributed by atoms with E-state index in [1.807, 2.05) is 24.3 Å². The van der Waals surface area contributed by atoms with Gasteiger partial charge in [0.2, 0.25) is 0 Å². The predicted molar refractivity (Wildman–Crippen MR) is 124 cm³/mol. The van der Waals surface area contributed by atoms with Gasteiger partial charge in [-0.2, -0.15) is 18.3 Å². The highest BCUT2D eigenvalue weighted by Gasteiger charge is 2.30. The number of benzene rings is 2. The molecule has 4 rings (SSSR count). The number of nitrogens with zero attached hydrogens (tertiary/aromatic N) is 4. The summed E-state index contributed by atoms with van der Waals surface area (Å²) in [6.07, 6.45) is -2.72. The van der Waals surface area contributed by atoms with Crippen molar-refractivity contribution in [2.75, 3.05) is 31.5 Å². The van der Waals surface area contributed by atoms with Gasteiger partial charge in [0, 0.05) is 24.0 Å². The molecule has 5 nitrogen and oxygen atoms in total. The van der Waals surface area contributed by atoms with Crippen LogP contribution < -0.4 is 5.32 Å². The number of para-hydroxylation sites is 1. The van der Waals surface area contributed by atoms with Gasteiger partial charge in [-0.1, -0.05) is 38.1 Å². The summed E-state index contributed by atoms with van der Waals surface area (Å²) in [6.45, 7) is 7.84. The highest BCUT2D eigenvalue weighted by molar-refractivity contribution is 5.93. The average Bonchev–Trinajstić information content (AvgIpc) is 3.20. The number of hydrogen-bond donors (Lipinski definition) is 1. The van der Waals surface area contributed by atoms with E-state index in [0.717, 1.165) is 55.0 Å². The standard InChI is InChI=1S/C23H24F3N5.ClH/c1-3-30(4-2)14-13-27-21-18-7-5-6-8-20(18)31-22(29-21)19(15-28-31)16-9-11-17(12-10-16)23(24,25)26;/h5-12,15H,3-4,13-14H2,1-2H3,(H,27,29);1H. The summed E-state index contributed by atoms with van der Waals surface area (Å²) in [4.78, 5) is 7.13. The van der Waals surface area contributed by atoms with E-state index in [1.54, 1.807) is 10.7 Å². The molecule has 9 heteroatoms. The number of nitrogens with one attached hydrogen (secondary N) is 1. The fraction of sp³-hybridized carbons (Fsp3) is 0.304. The Balaban J connectivity index is 0.00000289. The maximum Gasteiger partial charge on any atom is 0.416 e. The molecule has 0 saturated carbocycles. The lowest BCUT2D eigenvalue weighted by Gasteiger charge is -2.18. The summed E-state index contributed by atoms with van der Waals surface area (Å²) in [5.41, 5.74) is 2.14. The molecule has 0 aliphatic carbocycles. The number of anilines is 1. The number of hydrogen-bond acceptors (Lipinski definition) is 4. The maximum absolute atomic E-state index is 12.9. The molecule has 4 aromatic rings. The van der Waals surface area contributed by atoms with Gasteiger partial charge in [-0.15, -0.1) is 12.4 Å². The molecule has 0 aliphatic heterocycles. The molecule has 2 aromatic carbocycles. The van der Waals surface area contributed by atoms with Gasteiger partial charge in [0.15, 0.2) is 5.65 Å². The van der Waals surface area contributed by atoms with Crippen LogP contribution in [0.25, 0.3) is 27.7 Å². The number of halogens is 4. The van der Waals surface area contributed by atoms with E-state index in [9.17, 15) is 13.2 Å². The van der Waals surface area contributed by atoms with Gasteiger partial charge in [0.05, 0.1) is 17.3 Å². The van der Waals surface area contributed by atoms with E-state index >= 15 is 0 Å². The minimum absolute atomic E-state index is 0. The lowest BCUT2D eigenvalue weighted by molar-refractivity contribution is -0.137. The monoisotopic (exact) mass is 463 g/mol. The molecule has 32 heavy (non-hydrogen) atoms. The van der Waals surface area contributed by atoms with Crippen molar-refractivity contribution in [2.45, 2.75) is 20.0 Å². The summed E-state index contributed by atoms with van der Waals surface area (Å²) in [6, 6.07) is 12.9. The van der Waals surface area contributed by atoms with Crippen molar-refractivity contribution in [1.82, 2.24) is 19.5 Å². The van der Waals surface area contributed by atoms with Crippen molar-refractivity contribution < 1.29 is 13.2 Å². The number of likely N-dealkylation sites (N-methyl/N-ethyl adjacent to an activating group) is 1. The van der Waals surface area contributed by atoms with E-state index in [4.69, 9.17) is 4.98 Å². The van der Waals surface area contributed by atoms with E-state index < -0.39 is 11.7 Å². The first-order valence-electron chi connectivity index (χ1n) is 10.3. The molecule has 1 N–H and O–H groups in total. The van der Waals surface area contributed by atoms with Crippen molar-refractivity contribution in [3.63, 3.8) is 0 Å². The Hall–Kier alpha value is -2.84. The SMILES string of the molecule is CCN(CC)CCNc1nc2c(-c3ccc(C(F)(F)F)cc3)cnn2c2ccccc12.Cl. The third-order valence-electron chi connectivity index (χ3n) is 5.49. The third kappa shape index (κ3) is 4.66. The first-order chi connectivity index (χ1) is 14.9. The lowest BCUT2D eigenvalue weighted by Crippen LogP contribution is -2.28. The van der Waals surface area contributed by atoms with Crippen LogP contribution in [0.4, 0.5) is 19.0 Å². The molecule has 0 aliphatic rings. The molecule has 0 atom stereocenters. The van der Waals surface area contributed by atoms with E-state index in [0.29, 0.717) is 16.8 Å². The molecule has 0 radical (unpaired) electrons. The van der Waals surface area contributed by atoms with E-state index in [2.05, 4.69) is 29.2 Å². The van der Waals surface area contributed by atoms with Crippen LogP contribution in [0.3, 0.4) is 0 Å². The van der Waals surface area contributed by atoms with Crippen LogP contribution in [0.1, 0.15) is 19.4 Å². The molecule has 0 fully saturated rings. The topological polar surface area (TPSA) is 45.5 Å². The minimum atomic E-state index is -4.37. The molecule has 2 heterocycles. The summed E-state index contributed by atoms with van der Waals surface area (Å²) >= 11 is 0. The Morgan fingerprint density at radius 3 is 2.34 bits per heavy atom. The Kier molecular flexibility index (Phi) is 7.26. The highest BCUT2D eigenvalue weighted by Crippen LogP contribution is 2.33. The number of rotatable bonds is 7. The summed E-state index contributed by atoms with van der Waals surface area (Å²) in [5, 5.41) is 8.84. The van der Waals surface area contributed by atoms with Crippen LogP contribution in [-0.4, -0.2) is 45.7 Å². The minimum Gasteiger partial charge on any atom is -0.368 e. The first-order valence-corrected chi connectivity index (χ1v) is 10.3. The maximum atomic E-state index is 12.9. The molecule has 0 spiro atoms. The Morgan fingerprint density at radius 2 is 1.69 bits per heavy atom. The van der Waals surface area contributed by atoms with Gasteiger partial charge in [0.1, 0.15) is 5.82 Å². The van der Waals surface area contributed by atoms with Crippen LogP contribution in [0.2, 0.25) is 0 Å². The number of aromatic nitrogens is 3. The van der Waals surface area contributed by atoms with Crippen LogP contribution in [0.15, 0.2) is 54.7 Å². The summed E-state index contributed by atoms with van der Waals surface area (Å²) < 4.78 is 40.5. The van der Waals surface area contributed by atoms with Gasteiger partial charge >= 0.3 is 6.18 Å². The van der Waals surface area contributed by atoms with Crippen molar-refractivity contribution >= 4 is 34.8 Å². The summed E-state index contributed by atoms with van der Waals surface area (Å²) in [5.74, 6) is 0.740. The molecular formula is C23H25ClF3N5. The molecule has 0 unspecified atom stereocenters. The molecule has 0 saturated heterocycles. The normalized spacial score (nSPS) is 11.8. The molecule has 170 valence electrons. The second-order valence-electron chi connectivity index (χ2n) is 7.30. The molecule has 2 aromatic heterocycles. The predicted octanol–water partition coefficient (Wildman–Crippen LogP) is 5.74. The fourth-order valence-corrected chi connectivity index (χ4v) is 3.70. The van der Waals surface area contributed by atoms with Gasteiger partial charge in [-0.25, -0.2) is 9.50 Å². The second-order valence-corrected chi connectivity index (χ2v) is 7.30. The number of fused-ring (bicyclic) bond motifs is 3. The van der Waals surface area contributed by atoms with E-state index in [-0.39, 0.29) is 12.4 Å². The van der Waals surface area contributed by atoms with Crippen LogP contribution in [0.5, 0.6) is 0 Å². The quantitative estimate of drug-likeness (QED) is 0.379. The smallest absolute Gasteiger partial charge is 0.368 e. The Morgan fingerprint density at radius 1 is 1.00 bits per heavy atom. The van der Waals surface area contributed by atoms with Gasteiger partial charge < -0.3 is 10.2 Å². The van der Waals surface area contributed by atoms with Crippen molar-refractivity contribution in [3.8, 4) is 11.1 Å². The van der Waals surface area contributed by atoms with Crippen molar-refractivity contribution in [2.24, 2.45) is 0 Å². The van der Waals surface area contributed by atoms with Crippen LogP contribution in [-0.2, 0) is 6.18 Å². The van der Waals surface area contributed by atoms with Crippen LogP contribution in [0, 0.1) is 0 Å². The van der Waals surface area contributed by atoms with Crippen molar-refractivity contribution in [1.29, 1.82) is 0 Å². The summed E-state index contributed by atoms with van der Waals surface area (Å²) in [7, 11) is 0. The zero-order valence-electron chi connectivity index (χ0n) is 17.9. The lowest BCUT2D eigenvalue weighted by atomic mass is 10.1. The fourth-order valence-electron chi connectivity index (χ4n) is 3.70. The largest absolute Gasteiger partial charge is 0.416 e. The van der Waals surface area contributed by atoms with Gasteiger partial charge in [-0.3, -0.25) is 0 Å². The Bertz CT molecular complexity index is 1180. The molecule has 0 amide bonds. The molecule has 0 bridgehead atoms. The zero-order valence-corrected chi connectivity index (χ0v) is 18.7. The Labute approximate surface area is 190 Å². The second kappa shape index (κ2) is 9.75. The van der Waals surface area contributed by atoms with Gasteiger partial charge in [-0.05, 0) is 42.9 Å². The highest BCUT2D eigenvalue weighted by atomic mass is 35.5. The van der Waals surface area contributed by atoms with Crippen molar-refractivity contribution in [3.05, 3.63) is 60.3 Å². The van der Waals surface area contributed by atoms with Crippen LogP contribution >= 0.6 is 12.4 Å². The number of alkyl halides is 3. The molecular weight excluding hydrogens is 439 g/mol. The van der Waals surface area contributed by atoms with E-state index in [1.165, 1.54) is 12.1 Å². The van der Waals surface area contributed by atoms with Gasteiger partial charge in [0.25, 0.3) is 0 Å².